The number of hydrogen-bond acceptors (Lipinski definition) is 6. The third-order valence-electron chi connectivity index (χ3n) is 3.61. The second kappa shape index (κ2) is 6.79. The van der Waals surface area contributed by atoms with Gasteiger partial charge < -0.3 is 4.57 Å². The van der Waals surface area contributed by atoms with Gasteiger partial charge in [-0.2, -0.15) is 0 Å². The van der Waals surface area contributed by atoms with Crippen LogP contribution in [0.1, 0.15) is 17.7 Å². The summed E-state index contributed by atoms with van der Waals surface area (Å²) in [6.07, 6.45) is 3.42. The Balaban J connectivity index is 1.83. The van der Waals surface area contributed by atoms with E-state index in [0.29, 0.717) is 0 Å². The number of nitro benzene ring substituents is 1. The summed E-state index contributed by atoms with van der Waals surface area (Å²) in [6, 6.07) is 10.4. The van der Waals surface area contributed by atoms with Crippen LogP contribution in [0.25, 0.3) is 11.4 Å². The fourth-order valence-corrected chi connectivity index (χ4v) is 3.22. The maximum absolute atomic E-state index is 10.9. The van der Waals surface area contributed by atoms with Crippen LogP contribution in [0, 0.1) is 10.1 Å². The number of non-ortho nitro benzene ring substituents is 1. The third kappa shape index (κ3) is 3.28. The van der Waals surface area contributed by atoms with E-state index in [4.69, 9.17) is 0 Å². The molecule has 0 spiro atoms. The fourth-order valence-electron chi connectivity index (χ4n) is 2.29. The van der Waals surface area contributed by atoms with Crippen molar-refractivity contribution in [3.05, 3.63) is 64.5 Å². The quantitative estimate of drug-likeness (QED) is 0.400. The summed E-state index contributed by atoms with van der Waals surface area (Å²) in [7, 11) is 1.90. The summed E-state index contributed by atoms with van der Waals surface area (Å²) >= 11 is 1.51. The Kier molecular flexibility index (Phi) is 4.57. The second-order valence-electron chi connectivity index (χ2n) is 5.21. The molecule has 0 radical (unpaired) electrons. The van der Waals surface area contributed by atoms with Crippen molar-refractivity contribution in [1.82, 2.24) is 19.7 Å². The van der Waals surface area contributed by atoms with E-state index in [1.54, 1.807) is 24.5 Å². The van der Waals surface area contributed by atoms with Gasteiger partial charge in [-0.25, -0.2) is 0 Å². The van der Waals surface area contributed by atoms with Crippen LogP contribution in [0.3, 0.4) is 0 Å². The van der Waals surface area contributed by atoms with Crippen LogP contribution in [0.15, 0.2) is 53.9 Å². The Morgan fingerprint density at radius 3 is 2.67 bits per heavy atom. The highest BCUT2D eigenvalue weighted by molar-refractivity contribution is 7.99. The molecule has 2 aromatic heterocycles. The van der Waals surface area contributed by atoms with Crippen molar-refractivity contribution in [3.63, 3.8) is 0 Å². The molecule has 122 valence electrons. The molecule has 2 heterocycles. The van der Waals surface area contributed by atoms with Crippen LogP contribution in [-0.2, 0) is 7.05 Å². The second-order valence-corrected chi connectivity index (χ2v) is 6.52. The van der Waals surface area contributed by atoms with E-state index >= 15 is 0 Å². The van der Waals surface area contributed by atoms with Crippen LogP contribution in [0.2, 0.25) is 0 Å². The molecule has 0 amide bonds. The van der Waals surface area contributed by atoms with Gasteiger partial charge >= 0.3 is 0 Å². The van der Waals surface area contributed by atoms with Gasteiger partial charge in [0.25, 0.3) is 5.69 Å². The number of rotatable bonds is 5. The molecule has 0 saturated carbocycles. The van der Waals surface area contributed by atoms with Gasteiger partial charge in [-0.3, -0.25) is 15.1 Å². The van der Waals surface area contributed by atoms with Gasteiger partial charge in [0.15, 0.2) is 11.0 Å². The fraction of sp³-hybridized carbons (Fsp3) is 0.188. The van der Waals surface area contributed by atoms with Gasteiger partial charge in [-0.1, -0.05) is 23.9 Å². The molecule has 0 aliphatic heterocycles. The number of nitrogens with zero attached hydrogens (tertiary/aromatic N) is 5. The first-order valence-corrected chi connectivity index (χ1v) is 8.15. The minimum Gasteiger partial charge on any atom is -0.305 e. The molecule has 0 fully saturated rings. The Morgan fingerprint density at radius 2 is 1.96 bits per heavy atom. The molecule has 0 aliphatic carbocycles. The average molecular weight is 341 g/mol. The zero-order chi connectivity index (χ0) is 17.1. The Hall–Kier alpha value is -2.74. The average Bonchev–Trinajstić information content (AvgIpc) is 2.96. The minimum absolute atomic E-state index is 0.0121. The smallest absolute Gasteiger partial charge is 0.269 e. The van der Waals surface area contributed by atoms with Crippen molar-refractivity contribution in [3.8, 4) is 11.4 Å². The molecule has 3 rings (SSSR count). The van der Waals surface area contributed by atoms with Crippen molar-refractivity contribution in [2.24, 2.45) is 7.05 Å². The van der Waals surface area contributed by atoms with E-state index in [2.05, 4.69) is 15.2 Å². The molecule has 0 N–H and O–H groups in total. The molecule has 0 bridgehead atoms. The molecule has 0 saturated heterocycles. The maximum atomic E-state index is 10.9. The number of aromatic nitrogens is 4. The Bertz CT molecular complexity index is 866. The van der Waals surface area contributed by atoms with E-state index in [1.165, 1.54) is 17.8 Å². The van der Waals surface area contributed by atoms with Crippen LogP contribution >= 0.6 is 11.8 Å². The summed E-state index contributed by atoms with van der Waals surface area (Å²) < 4.78 is 1.91. The molecule has 1 atom stereocenters. The summed E-state index contributed by atoms with van der Waals surface area (Å²) in [5, 5.41) is 20.1. The van der Waals surface area contributed by atoms with E-state index in [9.17, 15) is 10.1 Å². The van der Waals surface area contributed by atoms with Gasteiger partial charge in [-0.15, -0.1) is 10.2 Å². The Labute approximate surface area is 142 Å². The monoisotopic (exact) mass is 341 g/mol. The molecule has 1 aromatic carbocycles. The molecule has 7 nitrogen and oxygen atoms in total. The van der Waals surface area contributed by atoms with Crippen molar-refractivity contribution in [1.29, 1.82) is 0 Å². The number of benzene rings is 1. The molecule has 24 heavy (non-hydrogen) atoms. The lowest BCUT2D eigenvalue weighted by molar-refractivity contribution is -0.384. The van der Waals surface area contributed by atoms with Gasteiger partial charge in [-0.05, 0) is 24.6 Å². The first kappa shape index (κ1) is 16.1. The first-order valence-electron chi connectivity index (χ1n) is 7.27. The van der Waals surface area contributed by atoms with Crippen molar-refractivity contribution >= 4 is 17.4 Å². The standard InChI is InChI=1S/C16H15N5O2S/c1-11(13-4-3-5-14(10-13)21(22)23)24-16-19-18-15(20(16)2)12-6-8-17-9-7-12/h3-11H,1-2H3. The molecular weight excluding hydrogens is 326 g/mol. The van der Waals surface area contributed by atoms with Crippen LogP contribution in [0.4, 0.5) is 5.69 Å². The highest BCUT2D eigenvalue weighted by atomic mass is 32.2. The highest BCUT2D eigenvalue weighted by Crippen LogP contribution is 2.35. The van der Waals surface area contributed by atoms with Gasteiger partial charge in [0.05, 0.1) is 4.92 Å². The molecule has 1 unspecified atom stereocenters. The lowest BCUT2D eigenvalue weighted by Crippen LogP contribution is -1.97. The number of thioether (sulfide) groups is 1. The molecule has 0 aliphatic rings. The van der Waals surface area contributed by atoms with Gasteiger partial charge in [0, 0.05) is 42.4 Å². The van der Waals surface area contributed by atoms with E-state index in [0.717, 1.165) is 22.1 Å². The Morgan fingerprint density at radius 1 is 1.21 bits per heavy atom. The first-order chi connectivity index (χ1) is 11.6. The summed E-state index contributed by atoms with van der Waals surface area (Å²) in [4.78, 5) is 14.5. The maximum Gasteiger partial charge on any atom is 0.269 e. The highest BCUT2D eigenvalue weighted by Gasteiger charge is 2.17. The summed E-state index contributed by atoms with van der Waals surface area (Å²) in [5.41, 5.74) is 1.91. The molecule has 3 aromatic rings. The zero-order valence-corrected chi connectivity index (χ0v) is 14.0. The third-order valence-corrected chi connectivity index (χ3v) is 4.80. The topological polar surface area (TPSA) is 86.7 Å². The van der Waals surface area contributed by atoms with E-state index in [-0.39, 0.29) is 15.9 Å². The van der Waals surface area contributed by atoms with Crippen LogP contribution in [-0.4, -0.2) is 24.7 Å². The summed E-state index contributed by atoms with van der Waals surface area (Å²) in [5.74, 6) is 0.756. The van der Waals surface area contributed by atoms with Crippen LogP contribution < -0.4 is 0 Å². The van der Waals surface area contributed by atoms with Crippen molar-refractivity contribution in [2.45, 2.75) is 17.3 Å². The van der Waals surface area contributed by atoms with Crippen LogP contribution in [0.5, 0.6) is 0 Å². The lowest BCUT2D eigenvalue weighted by atomic mass is 10.1. The minimum atomic E-state index is -0.384. The number of hydrogen-bond donors (Lipinski definition) is 0. The molecule has 8 heteroatoms. The largest absolute Gasteiger partial charge is 0.305 e. The van der Waals surface area contributed by atoms with E-state index in [1.807, 2.05) is 36.7 Å². The predicted octanol–water partition coefficient (Wildman–Crippen LogP) is 3.64. The normalized spacial score (nSPS) is 12.1. The lowest BCUT2D eigenvalue weighted by Gasteiger charge is -2.11. The molecular formula is C16H15N5O2S. The van der Waals surface area contributed by atoms with Crippen molar-refractivity contribution in [2.75, 3.05) is 0 Å². The zero-order valence-electron chi connectivity index (χ0n) is 13.2. The van der Waals surface area contributed by atoms with Gasteiger partial charge in [0.1, 0.15) is 0 Å². The SMILES string of the molecule is CC(Sc1nnc(-c2ccncc2)n1C)c1cccc([N+](=O)[O-])c1. The predicted molar refractivity (Wildman–Crippen MR) is 91.6 cm³/mol. The van der Waals surface area contributed by atoms with E-state index < -0.39 is 0 Å². The van der Waals surface area contributed by atoms with Gasteiger partial charge in [0.2, 0.25) is 0 Å². The number of nitro groups is 1. The number of pyridine rings is 1. The summed E-state index contributed by atoms with van der Waals surface area (Å²) in [6.45, 7) is 1.99. The van der Waals surface area contributed by atoms with Crippen molar-refractivity contribution < 1.29 is 4.92 Å².